The third-order valence-electron chi connectivity index (χ3n) is 3.60. The number of carbonyl (C=O) groups is 1. The summed E-state index contributed by atoms with van der Waals surface area (Å²) in [5, 5.41) is 2.94. The maximum absolute atomic E-state index is 12.3. The van der Waals surface area contributed by atoms with E-state index in [1.165, 1.54) is 0 Å². The monoisotopic (exact) mass is 392 g/mol. The third kappa shape index (κ3) is 3.80. The Kier molecular flexibility index (Phi) is 4.79. The van der Waals surface area contributed by atoms with Crippen LogP contribution in [0.5, 0.6) is 0 Å². The lowest BCUT2D eigenvalue weighted by Gasteiger charge is -2.13. The van der Waals surface area contributed by atoms with Gasteiger partial charge in [0.2, 0.25) is 5.91 Å². The molecule has 3 rings (SSSR count). The SMILES string of the molecule is Cc1nc2ccc(NC(=O)CC(CN)c3ccc(Br)s3)cc2[nH]1. The summed E-state index contributed by atoms with van der Waals surface area (Å²) in [7, 11) is 0. The number of thiophene rings is 1. The lowest BCUT2D eigenvalue weighted by Crippen LogP contribution is -2.20. The van der Waals surface area contributed by atoms with Crippen molar-refractivity contribution in [3.63, 3.8) is 0 Å². The molecule has 120 valence electrons. The van der Waals surface area contributed by atoms with Gasteiger partial charge >= 0.3 is 0 Å². The summed E-state index contributed by atoms with van der Waals surface area (Å²) < 4.78 is 1.05. The van der Waals surface area contributed by atoms with Crippen LogP contribution in [0.1, 0.15) is 23.0 Å². The van der Waals surface area contributed by atoms with Crippen LogP contribution in [-0.4, -0.2) is 22.4 Å². The molecular formula is C16H17BrN4OS. The van der Waals surface area contributed by atoms with Gasteiger partial charge in [0, 0.05) is 29.4 Å². The number of aromatic nitrogens is 2. The van der Waals surface area contributed by atoms with E-state index in [0.29, 0.717) is 13.0 Å². The highest BCUT2D eigenvalue weighted by Gasteiger charge is 2.17. The first-order valence-corrected chi connectivity index (χ1v) is 8.87. The number of nitrogens with zero attached hydrogens (tertiary/aromatic N) is 1. The normalized spacial score (nSPS) is 12.5. The van der Waals surface area contributed by atoms with Crippen molar-refractivity contribution in [2.75, 3.05) is 11.9 Å². The van der Waals surface area contributed by atoms with Gasteiger partial charge in [0.05, 0.1) is 14.8 Å². The molecule has 0 radical (unpaired) electrons. The van der Waals surface area contributed by atoms with Crippen LogP contribution in [-0.2, 0) is 4.79 Å². The molecule has 1 unspecified atom stereocenters. The molecule has 5 nitrogen and oxygen atoms in total. The summed E-state index contributed by atoms with van der Waals surface area (Å²) in [5.41, 5.74) is 8.40. The predicted octanol–water partition coefficient (Wildman–Crippen LogP) is 3.77. The number of halogens is 1. The van der Waals surface area contributed by atoms with Gasteiger partial charge in [-0.1, -0.05) is 0 Å². The number of fused-ring (bicyclic) bond motifs is 1. The molecule has 0 aliphatic carbocycles. The van der Waals surface area contributed by atoms with Gasteiger partial charge in [-0.05, 0) is 53.2 Å². The number of benzene rings is 1. The van der Waals surface area contributed by atoms with Gasteiger partial charge in [-0.25, -0.2) is 4.98 Å². The second kappa shape index (κ2) is 6.82. The molecule has 0 saturated carbocycles. The first-order valence-electron chi connectivity index (χ1n) is 7.26. The highest BCUT2D eigenvalue weighted by molar-refractivity contribution is 9.11. The van der Waals surface area contributed by atoms with Crippen LogP contribution >= 0.6 is 27.3 Å². The quantitative estimate of drug-likeness (QED) is 0.617. The van der Waals surface area contributed by atoms with Crippen LogP contribution in [0.2, 0.25) is 0 Å². The minimum atomic E-state index is -0.0411. The van der Waals surface area contributed by atoms with E-state index in [4.69, 9.17) is 5.73 Å². The number of hydrogen-bond acceptors (Lipinski definition) is 4. The third-order valence-corrected chi connectivity index (χ3v) is 5.38. The number of hydrogen-bond donors (Lipinski definition) is 3. The fourth-order valence-electron chi connectivity index (χ4n) is 2.50. The summed E-state index contributed by atoms with van der Waals surface area (Å²) in [6, 6.07) is 9.64. The average Bonchev–Trinajstić information content (AvgIpc) is 3.09. The van der Waals surface area contributed by atoms with Gasteiger partial charge in [0.25, 0.3) is 0 Å². The number of rotatable bonds is 5. The zero-order valence-electron chi connectivity index (χ0n) is 12.6. The molecule has 2 aromatic heterocycles. The summed E-state index contributed by atoms with van der Waals surface area (Å²) in [4.78, 5) is 20.9. The van der Waals surface area contributed by atoms with Crippen LogP contribution in [0.3, 0.4) is 0 Å². The number of aromatic amines is 1. The number of anilines is 1. The Balaban J connectivity index is 1.69. The smallest absolute Gasteiger partial charge is 0.225 e. The average molecular weight is 393 g/mol. The number of H-pyrrole nitrogens is 1. The molecule has 1 aromatic carbocycles. The molecule has 0 fully saturated rings. The predicted molar refractivity (Wildman–Crippen MR) is 97.9 cm³/mol. The lowest BCUT2D eigenvalue weighted by molar-refractivity contribution is -0.116. The van der Waals surface area contributed by atoms with Gasteiger partial charge in [-0.2, -0.15) is 0 Å². The van der Waals surface area contributed by atoms with E-state index < -0.39 is 0 Å². The van der Waals surface area contributed by atoms with Crippen molar-refractivity contribution in [3.8, 4) is 0 Å². The van der Waals surface area contributed by atoms with Crippen molar-refractivity contribution in [1.29, 1.82) is 0 Å². The van der Waals surface area contributed by atoms with Crippen molar-refractivity contribution in [2.24, 2.45) is 5.73 Å². The maximum Gasteiger partial charge on any atom is 0.225 e. The topological polar surface area (TPSA) is 83.8 Å². The Morgan fingerprint density at radius 1 is 1.43 bits per heavy atom. The first kappa shape index (κ1) is 16.2. The molecule has 0 aliphatic heterocycles. The lowest BCUT2D eigenvalue weighted by atomic mass is 10.0. The molecule has 0 bridgehead atoms. The Morgan fingerprint density at radius 2 is 2.26 bits per heavy atom. The molecule has 1 amide bonds. The maximum atomic E-state index is 12.3. The largest absolute Gasteiger partial charge is 0.342 e. The molecule has 1 atom stereocenters. The summed E-state index contributed by atoms with van der Waals surface area (Å²) >= 11 is 5.06. The van der Waals surface area contributed by atoms with Gasteiger partial charge in [0.15, 0.2) is 0 Å². The van der Waals surface area contributed by atoms with Gasteiger partial charge < -0.3 is 16.0 Å². The molecule has 23 heavy (non-hydrogen) atoms. The second-order valence-electron chi connectivity index (χ2n) is 5.38. The van der Waals surface area contributed by atoms with E-state index in [2.05, 4.69) is 31.2 Å². The highest BCUT2D eigenvalue weighted by Crippen LogP contribution is 2.30. The molecule has 0 aliphatic rings. The van der Waals surface area contributed by atoms with E-state index >= 15 is 0 Å². The fourth-order valence-corrected chi connectivity index (χ4v) is 4.03. The van der Waals surface area contributed by atoms with Crippen molar-refractivity contribution in [2.45, 2.75) is 19.3 Å². The highest BCUT2D eigenvalue weighted by atomic mass is 79.9. The van der Waals surface area contributed by atoms with Crippen LogP contribution in [0, 0.1) is 6.92 Å². The van der Waals surface area contributed by atoms with E-state index in [1.807, 2.05) is 37.3 Å². The summed E-state index contributed by atoms with van der Waals surface area (Å²) in [5.74, 6) is 0.847. The van der Waals surface area contributed by atoms with Crippen LogP contribution < -0.4 is 11.1 Å². The van der Waals surface area contributed by atoms with Crippen molar-refractivity contribution in [1.82, 2.24) is 9.97 Å². The number of carbonyl (C=O) groups excluding carboxylic acids is 1. The molecule has 4 N–H and O–H groups in total. The van der Waals surface area contributed by atoms with Gasteiger partial charge in [0.1, 0.15) is 5.82 Å². The summed E-state index contributed by atoms with van der Waals surface area (Å²) in [6.07, 6.45) is 0.365. The van der Waals surface area contributed by atoms with E-state index in [1.54, 1.807) is 11.3 Å². The molecule has 2 heterocycles. The first-order chi connectivity index (χ1) is 11.0. The number of aryl methyl sites for hydroxylation is 1. The molecule has 3 aromatic rings. The number of imidazole rings is 1. The van der Waals surface area contributed by atoms with Crippen molar-refractivity contribution >= 4 is 49.9 Å². The van der Waals surface area contributed by atoms with Gasteiger partial charge in [-0.3, -0.25) is 4.79 Å². The Hall–Kier alpha value is -1.70. The Morgan fingerprint density at radius 3 is 2.96 bits per heavy atom. The van der Waals surface area contributed by atoms with E-state index in [-0.39, 0.29) is 11.8 Å². The number of nitrogens with one attached hydrogen (secondary N) is 2. The van der Waals surface area contributed by atoms with Crippen LogP contribution in [0.25, 0.3) is 11.0 Å². The van der Waals surface area contributed by atoms with Crippen molar-refractivity contribution in [3.05, 3.63) is 44.8 Å². The second-order valence-corrected chi connectivity index (χ2v) is 7.88. The van der Waals surface area contributed by atoms with E-state index in [0.717, 1.165) is 31.2 Å². The minimum Gasteiger partial charge on any atom is -0.342 e. The Labute approximate surface area is 146 Å². The zero-order valence-corrected chi connectivity index (χ0v) is 15.0. The fraction of sp³-hybridized carbons (Fsp3) is 0.250. The molecule has 0 saturated heterocycles. The standard InChI is InChI=1S/C16H17BrN4OS/c1-9-19-12-3-2-11(7-13(12)20-9)21-16(22)6-10(8-18)14-4-5-15(17)23-14/h2-5,7,10H,6,8,18H2,1H3,(H,19,20)(H,21,22). The van der Waals surface area contributed by atoms with Crippen molar-refractivity contribution < 1.29 is 4.79 Å². The Bertz CT molecular complexity index is 842. The van der Waals surface area contributed by atoms with E-state index in [9.17, 15) is 4.79 Å². The molecular weight excluding hydrogens is 376 g/mol. The molecule has 7 heteroatoms. The number of amides is 1. The zero-order chi connectivity index (χ0) is 16.4. The van der Waals surface area contributed by atoms with Crippen LogP contribution in [0.4, 0.5) is 5.69 Å². The van der Waals surface area contributed by atoms with Gasteiger partial charge in [-0.15, -0.1) is 11.3 Å². The number of nitrogens with two attached hydrogens (primary N) is 1. The summed E-state index contributed by atoms with van der Waals surface area (Å²) in [6.45, 7) is 2.35. The van der Waals surface area contributed by atoms with Crippen LogP contribution in [0.15, 0.2) is 34.1 Å². The molecule has 0 spiro atoms. The minimum absolute atomic E-state index is 0.0319.